The van der Waals surface area contributed by atoms with Gasteiger partial charge in [0.2, 0.25) is 0 Å². The first kappa shape index (κ1) is 16.0. The summed E-state index contributed by atoms with van der Waals surface area (Å²) in [5, 5.41) is 2.91. The van der Waals surface area contributed by atoms with E-state index in [0.717, 1.165) is 17.9 Å². The maximum atomic E-state index is 12.1. The molecule has 116 valence electrons. The van der Waals surface area contributed by atoms with Crippen LogP contribution in [0.3, 0.4) is 0 Å². The molecule has 0 bridgehead atoms. The Morgan fingerprint density at radius 2 is 1.77 bits per heavy atom. The van der Waals surface area contributed by atoms with Gasteiger partial charge in [0.05, 0.1) is 11.9 Å². The van der Waals surface area contributed by atoms with E-state index in [1.807, 2.05) is 45.0 Å². The fraction of sp³-hybridized carbons (Fsp3) is 0.333. The Bertz CT molecular complexity index is 615. The minimum absolute atomic E-state index is 0.151. The van der Waals surface area contributed by atoms with E-state index in [0.29, 0.717) is 5.69 Å². The summed E-state index contributed by atoms with van der Waals surface area (Å²) >= 11 is 0. The minimum Gasteiger partial charge on any atom is -0.346 e. The molecule has 0 atom stereocenters. The van der Waals surface area contributed by atoms with Gasteiger partial charge in [0.25, 0.3) is 5.91 Å². The Hall–Kier alpha value is -2.36. The highest BCUT2D eigenvalue weighted by atomic mass is 16.2. The zero-order chi connectivity index (χ0) is 16.2. The Morgan fingerprint density at radius 3 is 2.27 bits per heavy atom. The average Bonchev–Trinajstić information content (AvgIpc) is 2.48. The molecule has 4 nitrogen and oxygen atoms in total. The van der Waals surface area contributed by atoms with Gasteiger partial charge in [-0.15, -0.1) is 0 Å². The molecule has 0 saturated carbocycles. The monoisotopic (exact) mass is 297 g/mol. The fourth-order valence-corrected chi connectivity index (χ4v) is 2.21. The Kier molecular flexibility index (Phi) is 4.81. The molecule has 4 heteroatoms. The molecule has 0 aliphatic carbocycles. The lowest BCUT2D eigenvalue weighted by Crippen LogP contribution is -2.40. The van der Waals surface area contributed by atoms with Crippen molar-refractivity contribution in [2.75, 3.05) is 11.4 Å². The van der Waals surface area contributed by atoms with Crippen LogP contribution in [0.2, 0.25) is 0 Å². The van der Waals surface area contributed by atoms with E-state index in [-0.39, 0.29) is 11.4 Å². The van der Waals surface area contributed by atoms with E-state index < -0.39 is 0 Å². The van der Waals surface area contributed by atoms with Crippen molar-refractivity contribution in [1.29, 1.82) is 0 Å². The molecule has 0 spiro atoms. The smallest absolute Gasteiger partial charge is 0.270 e. The summed E-state index contributed by atoms with van der Waals surface area (Å²) in [6.07, 6.45) is 1.74. The summed E-state index contributed by atoms with van der Waals surface area (Å²) in [5.74, 6) is -0.151. The molecule has 22 heavy (non-hydrogen) atoms. The fourth-order valence-electron chi connectivity index (χ4n) is 2.21. The van der Waals surface area contributed by atoms with Crippen LogP contribution in [0.5, 0.6) is 0 Å². The lowest BCUT2D eigenvalue weighted by Gasteiger charge is -2.23. The molecule has 2 rings (SSSR count). The normalized spacial score (nSPS) is 11.1. The number of anilines is 2. The molecule has 1 aromatic heterocycles. The van der Waals surface area contributed by atoms with Gasteiger partial charge in [-0.1, -0.05) is 18.2 Å². The molecule has 1 aromatic carbocycles. The van der Waals surface area contributed by atoms with Crippen LogP contribution in [0.25, 0.3) is 0 Å². The summed E-state index contributed by atoms with van der Waals surface area (Å²) in [6, 6.07) is 13.8. The summed E-state index contributed by atoms with van der Waals surface area (Å²) in [5.41, 5.74) is 2.25. The number of para-hydroxylation sites is 1. The topological polar surface area (TPSA) is 45.2 Å². The van der Waals surface area contributed by atoms with Crippen molar-refractivity contribution in [3.63, 3.8) is 0 Å². The molecule has 0 radical (unpaired) electrons. The van der Waals surface area contributed by atoms with Crippen LogP contribution in [0.4, 0.5) is 11.4 Å². The first-order valence-electron chi connectivity index (χ1n) is 7.52. The summed E-state index contributed by atoms with van der Waals surface area (Å²) in [7, 11) is 0. The maximum absolute atomic E-state index is 12.1. The largest absolute Gasteiger partial charge is 0.346 e. The highest BCUT2D eigenvalue weighted by Crippen LogP contribution is 2.24. The van der Waals surface area contributed by atoms with E-state index in [2.05, 4.69) is 34.3 Å². The number of rotatable bonds is 4. The van der Waals surface area contributed by atoms with Crippen LogP contribution in [0, 0.1) is 0 Å². The van der Waals surface area contributed by atoms with Crippen LogP contribution < -0.4 is 10.2 Å². The number of pyridine rings is 1. The number of benzene rings is 1. The minimum atomic E-state index is -0.267. The molecular formula is C18H23N3O. The van der Waals surface area contributed by atoms with Crippen LogP contribution in [0.15, 0.2) is 48.7 Å². The zero-order valence-corrected chi connectivity index (χ0v) is 13.6. The third-order valence-corrected chi connectivity index (χ3v) is 3.16. The first-order chi connectivity index (χ1) is 10.4. The van der Waals surface area contributed by atoms with Crippen molar-refractivity contribution in [3.8, 4) is 0 Å². The molecule has 0 aliphatic heterocycles. The van der Waals surface area contributed by atoms with Crippen molar-refractivity contribution >= 4 is 17.3 Å². The summed E-state index contributed by atoms with van der Waals surface area (Å²) in [6.45, 7) is 8.78. The number of hydrogen-bond acceptors (Lipinski definition) is 3. The molecule has 0 aliphatic rings. The second-order valence-electron chi connectivity index (χ2n) is 6.19. The van der Waals surface area contributed by atoms with E-state index in [1.54, 1.807) is 12.3 Å². The van der Waals surface area contributed by atoms with Gasteiger partial charge in [-0.3, -0.25) is 4.79 Å². The average molecular weight is 297 g/mol. The SMILES string of the molecule is CCN(c1ccccc1)c1ccc(C(=O)NC(C)(C)C)nc1. The standard InChI is InChI=1S/C18H23N3O/c1-5-21(14-9-7-6-8-10-14)15-11-12-16(19-13-15)17(22)20-18(2,3)4/h6-13H,5H2,1-4H3,(H,20,22). The highest BCUT2D eigenvalue weighted by molar-refractivity contribution is 5.93. The van der Waals surface area contributed by atoms with E-state index >= 15 is 0 Å². The Balaban J connectivity index is 2.19. The van der Waals surface area contributed by atoms with Crippen LogP contribution in [-0.2, 0) is 0 Å². The number of nitrogens with zero attached hydrogens (tertiary/aromatic N) is 2. The van der Waals surface area contributed by atoms with E-state index in [1.165, 1.54) is 0 Å². The van der Waals surface area contributed by atoms with E-state index in [4.69, 9.17) is 0 Å². The molecule has 0 fully saturated rings. The second-order valence-corrected chi connectivity index (χ2v) is 6.19. The van der Waals surface area contributed by atoms with Crippen molar-refractivity contribution in [3.05, 3.63) is 54.4 Å². The van der Waals surface area contributed by atoms with Crippen LogP contribution in [0.1, 0.15) is 38.2 Å². The van der Waals surface area contributed by atoms with Crippen LogP contribution in [-0.4, -0.2) is 23.0 Å². The van der Waals surface area contributed by atoms with Gasteiger partial charge in [0, 0.05) is 17.8 Å². The number of aromatic nitrogens is 1. The summed E-state index contributed by atoms with van der Waals surface area (Å²) < 4.78 is 0. The van der Waals surface area contributed by atoms with Gasteiger partial charge in [-0.25, -0.2) is 4.98 Å². The molecular weight excluding hydrogens is 274 g/mol. The van der Waals surface area contributed by atoms with Gasteiger partial charge < -0.3 is 10.2 Å². The van der Waals surface area contributed by atoms with E-state index in [9.17, 15) is 4.79 Å². The Labute approximate surface area is 132 Å². The molecule has 1 heterocycles. The number of nitrogens with one attached hydrogen (secondary N) is 1. The zero-order valence-electron chi connectivity index (χ0n) is 13.6. The van der Waals surface area contributed by atoms with Gasteiger partial charge in [0.1, 0.15) is 5.69 Å². The first-order valence-corrected chi connectivity index (χ1v) is 7.52. The second kappa shape index (κ2) is 6.60. The van der Waals surface area contributed by atoms with Gasteiger partial charge >= 0.3 is 0 Å². The molecule has 0 saturated heterocycles. The van der Waals surface area contributed by atoms with Crippen molar-refractivity contribution in [1.82, 2.24) is 10.3 Å². The van der Waals surface area contributed by atoms with Gasteiger partial charge in [-0.2, -0.15) is 0 Å². The molecule has 0 unspecified atom stereocenters. The lowest BCUT2D eigenvalue weighted by atomic mass is 10.1. The number of hydrogen-bond donors (Lipinski definition) is 1. The number of carbonyl (C=O) groups is 1. The lowest BCUT2D eigenvalue weighted by molar-refractivity contribution is 0.0914. The molecule has 1 amide bonds. The highest BCUT2D eigenvalue weighted by Gasteiger charge is 2.16. The molecule has 2 aromatic rings. The number of amides is 1. The maximum Gasteiger partial charge on any atom is 0.270 e. The third kappa shape index (κ3) is 4.07. The third-order valence-electron chi connectivity index (χ3n) is 3.16. The van der Waals surface area contributed by atoms with Crippen LogP contribution >= 0.6 is 0 Å². The van der Waals surface area contributed by atoms with Crippen molar-refractivity contribution in [2.24, 2.45) is 0 Å². The van der Waals surface area contributed by atoms with Crippen molar-refractivity contribution < 1.29 is 4.79 Å². The quantitative estimate of drug-likeness (QED) is 0.934. The van der Waals surface area contributed by atoms with Crippen molar-refractivity contribution in [2.45, 2.75) is 33.2 Å². The predicted octanol–water partition coefficient (Wildman–Crippen LogP) is 3.77. The summed E-state index contributed by atoms with van der Waals surface area (Å²) in [4.78, 5) is 18.5. The Morgan fingerprint density at radius 1 is 1.09 bits per heavy atom. The molecule has 1 N–H and O–H groups in total. The number of carbonyl (C=O) groups excluding carboxylic acids is 1. The van der Waals surface area contributed by atoms with Gasteiger partial charge in [0.15, 0.2) is 0 Å². The predicted molar refractivity (Wildman–Crippen MR) is 90.6 cm³/mol. The van der Waals surface area contributed by atoms with Gasteiger partial charge in [-0.05, 0) is 52.0 Å².